The normalized spacial score (nSPS) is 10.2. The lowest BCUT2D eigenvalue weighted by Crippen LogP contribution is -2.11. The zero-order valence-electron chi connectivity index (χ0n) is 9.10. The summed E-state index contributed by atoms with van der Waals surface area (Å²) in [6, 6.07) is 1.83. The number of nitrogens with one attached hydrogen (secondary N) is 2. The summed E-state index contributed by atoms with van der Waals surface area (Å²) in [5.74, 6) is 6.32. The highest BCUT2D eigenvalue weighted by atomic mass is 15.3. The van der Waals surface area contributed by atoms with E-state index in [0.717, 1.165) is 11.4 Å². The minimum absolute atomic E-state index is 0.381. The van der Waals surface area contributed by atoms with Crippen molar-refractivity contribution in [3.05, 3.63) is 24.2 Å². The highest BCUT2D eigenvalue weighted by Crippen LogP contribution is 2.15. The predicted octanol–water partition coefficient (Wildman–Crippen LogP) is 0.548. The van der Waals surface area contributed by atoms with E-state index in [1.54, 1.807) is 10.9 Å². The maximum Gasteiger partial charge on any atom is 0.239 e. The first-order chi connectivity index (χ1) is 7.67. The minimum Gasteiger partial charge on any atom is -0.337 e. The average Bonchev–Trinajstić information content (AvgIpc) is 2.63. The Labute approximate surface area is 92.7 Å². The minimum atomic E-state index is 0.381. The summed E-state index contributed by atoms with van der Waals surface area (Å²) >= 11 is 0. The van der Waals surface area contributed by atoms with Crippen LogP contribution in [0.1, 0.15) is 5.69 Å². The second-order valence-corrected chi connectivity index (χ2v) is 3.39. The molecule has 0 saturated carbocycles. The Morgan fingerprint density at radius 3 is 2.81 bits per heavy atom. The molecule has 0 unspecified atom stereocenters. The van der Waals surface area contributed by atoms with Gasteiger partial charge in [0.25, 0.3) is 0 Å². The van der Waals surface area contributed by atoms with E-state index < -0.39 is 0 Å². The molecule has 0 aliphatic carbocycles. The third kappa shape index (κ3) is 2.26. The number of anilines is 3. The standard InChI is InChI=1S/C9H13N7/c1-6-3-8(14-9(12-6)15-10)13-7-4-11-16(2)5-7/h3-5H,10H2,1-2H3,(H2,12,13,14,15). The van der Waals surface area contributed by atoms with Gasteiger partial charge in [0, 0.05) is 25.0 Å². The molecule has 2 aromatic rings. The van der Waals surface area contributed by atoms with Gasteiger partial charge in [-0.25, -0.2) is 10.8 Å². The second kappa shape index (κ2) is 4.15. The summed E-state index contributed by atoms with van der Waals surface area (Å²) in [6.45, 7) is 1.87. The molecule has 84 valence electrons. The van der Waals surface area contributed by atoms with Gasteiger partial charge in [-0.15, -0.1) is 0 Å². The summed E-state index contributed by atoms with van der Waals surface area (Å²) in [6.07, 6.45) is 3.57. The van der Waals surface area contributed by atoms with Crippen LogP contribution in [-0.4, -0.2) is 19.7 Å². The number of nitrogens with zero attached hydrogens (tertiary/aromatic N) is 4. The SMILES string of the molecule is Cc1cc(Nc2cnn(C)c2)nc(NN)n1. The molecule has 2 heterocycles. The molecule has 0 saturated heterocycles. The Morgan fingerprint density at radius 2 is 2.19 bits per heavy atom. The number of nitrogens with two attached hydrogens (primary N) is 1. The predicted molar refractivity (Wildman–Crippen MR) is 61.1 cm³/mol. The smallest absolute Gasteiger partial charge is 0.239 e. The lowest BCUT2D eigenvalue weighted by Gasteiger charge is -2.05. The molecule has 0 amide bonds. The Balaban J connectivity index is 2.24. The van der Waals surface area contributed by atoms with Crippen molar-refractivity contribution >= 4 is 17.5 Å². The molecule has 0 aromatic carbocycles. The lowest BCUT2D eigenvalue weighted by molar-refractivity contribution is 0.768. The van der Waals surface area contributed by atoms with Crippen molar-refractivity contribution in [1.82, 2.24) is 19.7 Å². The van der Waals surface area contributed by atoms with Gasteiger partial charge in [-0.3, -0.25) is 10.1 Å². The summed E-state index contributed by atoms with van der Waals surface area (Å²) in [7, 11) is 1.85. The summed E-state index contributed by atoms with van der Waals surface area (Å²) < 4.78 is 1.71. The van der Waals surface area contributed by atoms with Crippen LogP contribution in [0.15, 0.2) is 18.5 Å². The molecule has 0 fully saturated rings. The van der Waals surface area contributed by atoms with E-state index in [1.165, 1.54) is 0 Å². The number of hydrogen-bond donors (Lipinski definition) is 3. The molecular formula is C9H13N7. The monoisotopic (exact) mass is 219 g/mol. The van der Waals surface area contributed by atoms with Crippen molar-refractivity contribution in [1.29, 1.82) is 0 Å². The van der Waals surface area contributed by atoms with Crippen LogP contribution >= 0.6 is 0 Å². The van der Waals surface area contributed by atoms with E-state index in [9.17, 15) is 0 Å². The number of nitrogen functional groups attached to an aromatic ring is 1. The fourth-order valence-electron chi connectivity index (χ4n) is 1.33. The molecule has 0 aliphatic rings. The topological polar surface area (TPSA) is 93.7 Å². The Kier molecular flexibility index (Phi) is 2.69. The molecule has 0 radical (unpaired) electrons. The lowest BCUT2D eigenvalue weighted by atomic mass is 10.4. The van der Waals surface area contributed by atoms with Gasteiger partial charge in [0.2, 0.25) is 5.95 Å². The summed E-state index contributed by atoms with van der Waals surface area (Å²) in [5.41, 5.74) is 4.11. The van der Waals surface area contributed by atoms with Crippen LogP contribution in [0, 0.1) is 6.92 Å². The van der Waals surface area contributed by atoms with Crippen molar-refractivity contribution in [2.24, 2.45) is 12.9 Å². The van der Waals surface area contributed by atoms with Crippen molar-refractivity contribution in [2.75, 3.05) is 10.7 Å². The van der Waals surface area contributed by atoms with Gasteiger partial charge in [0.05, 0.1) is 11.9 Å². The van der Waals surface area contributed by atoms with Gasteiger partial charge in [-0.05, 0) is 6.92 Å². The highest BCUT2D eigenvalue weighted by molar-refractivity contribution is 5.55. The number of hydrazine groups is 1. The second-order valence-electron chi connectivity index (χ2n) is 3.39. The first kappa shape index (κ1) is 10.4. The maximum atomic E-state index is 5.27. The first-order valence-electron chi connectivity index (χ1n) is 4.75. The molecule has 0 aliphatic heterocycles. The van der Waals surface area contributed by atoms with E-state index in [-0.39, 0.29) is 0 Å². The van der Waals surface area contributed by atoms with E-state index >= 15 is 0 Å². The van der Waals surface area contributed by atoms with Gasteiger partial charge < -0.3 is 5.32 Å². The van der Waals surface area contributed by atoms with Crippen LogP contribution < -0.4 is 16.6 Å². The molecule has 16 heavy (non-hydrogen) atoms. The fraction of sp³-hybridized carbons (Fsp3) is 0.222. The van der Waals surface area contributed by atoms with Crippen LogP contribution in [0.2, 0.25) is 0 Å². The molecule has 7 nitrogen and oxygen atoms in total. The molecule has 0 spiro atoms. The van der Waals surface area contributed by atoms with E-state index in [1.807, 2.05) is 26.2 Å². The van der Waals surface area contributed by atoms with Gasteiger partial charge in [-0.1, -0.05) is 0 Å². The highest BCUT2D eigenvalue weighted by Gasteiger charge is 2.02. The Bertz CT molecular complexity index is 490. The van der Waals surface area contributed by atoms with E-state index in [2.05, 4.69) is 25.8 Å². The number of aromatic nitrogens is 4. The van der Waals surface area contributed by atoms with Gasteiger partial charge in [0.15, 0.2) is 0 Å². The van der Waals surface area contributed by atoms with Crippen LogP contribution in [0.4, 0.5) is 17.5 Å². The fourth-order valence-corrected chi connectivity index (χ4v) is 1.33. The number of aryl methyl sites for hydroxylation is 2. The molecular weight excluding hydrogens is 206 g/mol. The number of rotatable bonds is 3. The van der Waals surface area contributed by atoms with Gasteiger partial charge in [0.1, 0.15) is 5.82 Å². The van der Waals surface area contributed by atoms with Crippen molar-refractivity contribution in [3.63, 3.8) is 0 Å². The van der Waals surface area contributed by atoms with Gasteiger partial charge in [-0.2, -0.15) is 10.1 Å². The van der Waals surface area contributed by atoms with Crippen molar-refractivity contribution < 1.29 is 0 Å². The summed E-state index contributed by atoms with van der Waals surface area (Å²) in [4.78, 5) is 8.25. The molecule has 2 rings (SSSR count). The average molecular weight is 219 g/mol. The molecule has 4 N–H and O–H groups in total. The Morgan fingerprint density at radius 1 is 1.38 bits per heavy atom. The van der Waals surface area contributed by atoms with Crippen LogP contribution in [-0.2, 0) is 7.05 Å². The van der Waals surface area contributed by atoms with Crippen LogP contribution in [0.3, 0.4) is 0 Å². The van der Waals surface area contributed by atoms with Crippen LogP contribution in [0.25, 0.3) is 0 Å². The number of hydrogen-bond acceptors (Lipinski definition) is 6. The largest absolute Gasteiger partial charge is 0.337 e. The third-order valence-electron chi connectivity index (χ3n) is 1.96. The zero-order chi connectivity index (χ0) is 11.5. The molecule has 7 heteroatoms. The molecule has 0 bridgehead atoms. The Hall–Kier alpha value is -2.15. The quantitative estimate of drug-likeness (QED) is 0.515. The third-order valence-corrected chi connectivity index (χ3v) is 1.96. The van der Waals surface area contributed by atoms with Crippen LogP contribution in [0.5, 0.6) is 0 Å². The summed E-state index contributed by atoms with van der Waals surface area (Å²) in [5, 5.41) is 7.16. The van der Waals surface area contributed by atoms with Crippen molar-refractivity contribution in [3.8, 4) is 0 Å². The van der Waals surface area contributed by atoms with Crippen molar-refractivity contribution in [2.45, 2.75) is 6.92 Å². The first-order valence-corrected chi connectivity index (χ1v) is 4.75. The maximum absolute atomic E-state index is 5.27. The molecule has 0 atom stereocenters. The zero-order valence-corrected chi connectivity index (χ0v) is 9.10. The van der Waals surface area contributed by atoms with E-state index in [0.29, 0.717) is 11.8 Å². The van der Waals surface area contributed by atoms with Gasteiger partial charge >= 0.3 is 0 Å². The molecule has 2 aromatic heterocycles. The van der Waals surface area contributed by atoms with E-state index in [4.69, 9.17) is 5.84 Å².